The van der Waals surface area contributed by atoms with E-state index in [0.29, 0.717) is 5.82 Å². The summed E-state index contributed by atoms with van der Waals surface area (Å²) in [5, 5.41) is 14.2. The quantitative estimate of drug-likeness (QED) is 0.676. The lowest BCUT2D eigenvalue weighted by Gasteiger charge is -2.19. The van der Waals surface area contributed by atoms with E-state index in [-0.39, 0.29) is 5.69 Å². The Bertz CT molecular complexity index is 728. The molecule has 1 aromatic carbocycles. The Morgan fingerprint density at radius 2 is 2.10 bits per heavy atom. The summed E-state index contributed by atoms with van der Waals surface area (Å²) in [4.78, 5) is 19.7. The van der Waals surface area contributed by atoms with Gasteiger partial charge in [-0.3, -0.25) is 10.1 Å². The van der Waals surface area contributed by atoms with E-state index in [0.717, 1.165) is 42.0 Å². The first-order valence-corrected chi connectivity index (χ1v) is 6.89. The highest BCUT2D eigenvalue weighted by atomic mass is 16.6. The van der Waals surface area contributed by atoms with Gasteiger partial charge in [-0.15, -0.1) is 0 Å². The molecule has 6 nitrogen and oxygen atoms in total. The Kier molecular flexibility index (Phi) is 3.39. The van der Waals surface area contributed by atoms with Crippen LogP contribution in [0.25, 0.3) is 11.4 Å². The molecule has 21 heavy (non-hydrogen) atoms. The van der Waals surface area contributed by atoms with Crippen LogP contribution in [0.1, 0.15) is 22.5 Å². The maximum atomic E-state index is 11.0. The van der Waals surface area contributed by atoms with Crippen molar-refractivity contribution in [2.75, 3.05) is 6.54 Å². The van der Waals surface area contributed by atoms with Gasteiger partial charge in [-0.05, 0) is 37.9 Å². The van der Waals surface area contributed by atoms with E-state index < -0.39 is 4.92 Å². The lowest BCUT2D eigenvalue weighted by Crippen LogP contribution is -2.26. The van der Waals surface area contributed by atoms with E-state index >= 15 is 0 Å². The number of hydrogen-bond acceptors (Lipinski definition) is 5. The average molecular weight is 284 g/mol. The molecule has 6 heteroatoms. The molecule has 3 rings (SSSR count). The van der Waals surface area contributed by atoms with Gasteiger partial charge in [-0.25, -0.2) is 9.97 Å². The third-order valence-electron chi connectivity index (χ3n) is 3.82. The van der Waals surface area contributed by atoms with Crippen LogP contribution in [-0.2, 0) is 13.0 Å². The van der Waals surface area contributed by atoms with Crippen molar-refractivity contribution >= 4 is 5.69 Å². The number of rotatable bonds is 2. The third kappa shape index (κ3) is 2.50. The molecule has 0 aliphatic carbocycles. The molecule has 0 spiro atoms. The Morgan fingerprint density at radius 3 is 2.86 bits per heavy atom. The summed E-state index contributed by atoms with van der Waals surface area (Å²) in [5.41, 5.74) is 4.87. The number of fused-ring (bicyclic) bond motifs is 1. The fourth-order valence-electron chi connectivity index (χ4n) is 2.63. The van der Waals surface area contributed by atoms with Gasteiger partial charge in [0.05, 0.1) is 10.6 Å². The molecule has 1 aliphatic rings. The van der Waals surface area contributed by atoms with Crippen LogP contribution in [-0.4, -0.2) is 21.4 Å². The fraction of sp³-hybridized carbons (Fsp3) is 0.333. The molecule has 0 saturated carbocycles. The maximum Gasteiger partial charge on any atom is 0.270 e. The number of nitro benzene ring substituents is 1. The first kappa shape index (κ1) is 13.6. The van der Waals surface area contributed by atoms with Gasteiger partial charge in [0.2, 0.25) is 0 Å². The summed E-state index contributed by atoms with van der Waals surface area (Å²) in [6.07, 6.45) is 0.926. The van der Waals surface area contributed by atoms with E-state index in [4.69, 9.17) is 0 Å². The first-order chi connectivity index (χ1) is 10.1. The smallest absolute Gasteiger partial charge is 0.270 e. The van der Waals surface area contributed by atoms with Crippen LogP contribution in [0.15, 0.2) is 18.2 Å². The molecule has 1 N–H and O–H groups in total. The lowest BCUT2D eigenvalue weighted by molar-refractivity contribution is -0.384. The average Bonchev–Trinajstić information content (AvgIpc) is 2.47. The SMILES string of the molecule is Cc1ccc([N+](=O)[O-])cc1-c1nc(C)c2c(n1)CNCC2. The molecule has 1 aliphatic heterocycles. The van der Waals surface area contributed by atoms with E-state index in [1.807, 2.05) is 13.8 Å². The second-order valence-corrected chi connectivity index (χ2v) is 5.24. The van der Waals surface area contributed by atoms with Crippen LogP contribution < -0.4 is 5.32 Å². The standard InChI is InChI=1S/C15H16N4O2/c1-9-3-4-11(19(20)21)7-13(9)15-17-10(2)12-5-6-16-8-14(12)18-15/h3-4,7,16H,5-6,8H2,1-2H3. The molecule has 0 fully saturated rings. The van der Waals surface area contributed by atoms with Crippen LogP contribution >= 0.6 is 0 Å². The molecule has 2 heterocycles. The molecular formula is C15H16N4O2. The van der Waals surface area contributed by atoms with E-state index in [2.05, 4.69) is 15.3 Å². The minimum atomic E-state index is -0.393. The van der Waals surface area contributed by atoms with Gasteiger partial charge >= 0.3 is 0 Å². The molecule has 0 saturated heterocycles. The molecule has 0 atom stereocenters. The minimum Gasteiger partial charge on any atom is -0.311 e. The number of nitro groups is 1. The highest BCUT2D eigenvalue weighted by Crippen LogP contribution is 2.27. The Labute approximate surface area is 122 Å². The van der Waals surface area contributed by atoms with Gasteiger partial charge in [-0.2, -0.15) is 0 Å². The van der Waals surface area contributed by atoms with Gasteiger partial charge in [-0.1, -0.05) is 6.07 Å². The number of aromatic nitrogens is 2. The zero-order valence-corrected chi connectivity index (χ0v) is 12.0. The van der Waals surface area contributed by atoms with Crippen LogP contribution in [0.2, 0.25) is 0 Å². The van der Waals surface area contributed by atoms with Crippen molar-refractivity contribution in [2.24, 2.45) is 0 Å². The van der Waals surface area contributed by atoms with Crippen LogP contribution in [0.5, 0.6) is 0 Å². The van der Waals surface area contributed by atoms with Crippen molar-refractivity contribution < 1.29 is 4.92 Å². The van der Waals surface area contributed by atoms with Crippen molar-refractivity contribution in [3.8, 4) is 11.4 Å². The zero-order valence-electron chi connectivity index (χ0n) is 12.0. The van der Waals surface area contributed by atoms with Crippen molar-refractivity contribution in [1.82, 2.24) is 15.3 Å². The van der Waals surface area contributed by atoms with Gasteiger partial charge in [0.15, 0.2) is 5.82 Å². The normalized spacial score (nSPS) is 13.8. The second-order valence-electron chi connectivity index (χ2n) is 5.24. The number of nitrogens with one attached hydrogen (secondary N) is 1. The topological polar surface area (TPSA) is 81.0 Å². The van der Waals surface area contributed by atoms with Gasteiger partial charge < -0.3 is 5.32 Å². The largest absolute Gasteiger partial charge is 0.311 e. The van der Waals surface area contributed by atoms with Gasteiger partial charge in [0.1, 0.15) is 0 Å². The number of benzene rings is 1. The summed E-state index contributed by atoms with van der Waals surface area (Å²) in [7, 11) is 0. The molecule has 0 unspecified atom stereocenters. The monoisotopic (exact) mass is 284 g/mol. The van der Waals surface area contributed by atoms with Crippen molar-refractivity contribution in [3.63, 3.8) is 0 Å². The molecule has 2 aromatic rings. The van der Waals surface area contributed by atoms with Gasteiger partial charge in [0, 0.05) is 29.9 Å². The molecular weight excluding hydrogens is 268 g/mol. The number of non-ortho nitro benzene ring substituents is 1. The Morgan fingerprint density at radius 1 is 1.29 bits per heavy atom. The Hall–Kier alpha value is -2.34. The van der Waals surface area contributed by atoms with Crippen molar-refractivity contribution in [1.29, 1.82) is 0 Å². The third-order valence-corrected chi connectivity index (χ3v) is 3.82. The summed E-state index contributed by atoms with van der Waals surface area (Å²) < 4.78 is 0. The molecule has 0 amide bonds. The number of aryl methyl sites for hydroxylation is 2. The summed E-state index contributed by atoms with van der Waals surface area (Å²) in [6, 6.07) is 4.79. The summed E-state index contributed by atoms with van der Waals surface area (Å²) in [5.74, 6) is 0.566. The van der Waals surface area contributed by atoms with Crippen molar-refractivity contribution in [3.05, 3.63) is 50.8 Å². The summed E-state index contributed by atoms with van der Waals surface area (Å²) >= 11 is 0. The van der Waals surface area contributed by atoms with Crippen LogP contribution in [0, 0.1) is 24.0 Å². The maximum absolute atomic E-state index is 11.0. The van der Waals surface area contributed by atoms with E-state index in [1.165, 1.54) is 11.6 Å². The number of hydrogen-bond donors (Lipinski definition) is 1. The summed E-state index contributed by atoms with van der Waals surface area (Å²) in [6.45, 7) is 5.55. The molecule has 0 radical (unpaired) electrons. The fourth-order valence-corrected chi connectivity index (χ4v) is 2.63. The number of nitrogens with zero attached hydrogens (tertiary/aromatic N) is 3. The van der Waals surface area contributed by atoms with Crippen molar-refractivity contribution in [2.45, 2.75) is 26.8 Å². The highest BCUT2D eigenvalue weighted by Gasteiger charge is 2.18. The predicted octanol–water partition coefficient (Wildman–Crippen LogP) is 2.31. The van der Waals surface area contributed by atoms with Crippen LogP contribution in [0.4, 0.5) is 5.69 Å². The molecule has 108 valence electrons. The van der Waals surface area contributed by atoms with E-state index in [1.54, 1.807) is 12.1 Å². The predicted molar refractivity (Wildman–Crippen MR) is 79.0 cm³/mol. The van der Waals surface area contributed by atoms with E-state index in [9.17, 15) is 10.1 Å². The van der Waals surface area contributed by atoms with Crippen LogP contribution in [0.3, 0.4) is 0 Å². The van der Waals surface area contributed by atoms with Gasteiger partial charge in [0.25, 0.3) is 5.69 Å². The zero-order chi connectivity index (χ0) is 15.0. The molecule has 1 aromatic heterocycles. The minimum absolute atomic E-state index is 0.0627. The first-order valence-electron chi connectivity index (χ1n) is 6.89. The lowest BCUT2D eigenvalue weighted by atomic mass is 10.0. The molecule has 0 bridgehead atoms. The second kappa shape index (κ2) is 5.21. The Balaban J connectivity index is 2.14. The highest BCUT2D eigenvalue weighted by molar-refractivity contribution is 5.64.